The van der Waals surface area contributed by atoms with Crippen molar-refractivity contribution in [3.63, 3.8) is 0 Å². The van der Waals surface area contributed by atoms with Crippen LogP contribution in [0.2, 0.25) is 0 Å². The van der Waals surface area contributed by atoms with Gasteiger partial charge in [0.15, 0.2) is 0 Å². The van der Waals surface area contributed by atoms with E-state index in [0.717, 1.165) is 34.5 Å². The normalized spacial score (nSPS) is 14.6. The summed E-state index contributed by atoms with van der Waals surface area (Å²) in [4.78, 5) is 11.5. The second-order valence-corrected chi connectivity index (χ2v) is 7.14. The van der Waals surface area contributed by atoms with E-state index >= 15 is 0 Å². The number of benzene rings is 1. The maximum atomic E-state index is 5.91. The molecule has 6 heteroatoms. The van der Waals surface area contributed by atoms with Gasteiger partial charge < -0.3 is 4.74 Å². The summed E-state index contributed by atoms with van der Waals surface area (Å²) in [6.07, 6.45) is 8.07. The number of nitrogens with zero attached hydrogens (tertiary/aromatic N) is 4. The fourth-order valence-corrected chi connectivity index (χ4v) is 3.63. The van der Waals surface area contributed by atoms with Gasteiger partial charge in [0.25, 0.3) is 0 Å². The van der Waals surface area contributed by atoms with Gasteiger partial charge in [-0.25, -0.2) is 4.98 Å². The summed E-state index contributed by atoms with van der Waals surface area (Å²) in [6, 6.07) is 13.9. The molecule has 6 nitrogen and oxygen atoms in total. The Kier molecular flexibility index (Phi) is 4.47. The van der Waals surface area contributed by atoms with Crippen LogP contribution in [0.15, 0.2) is 61.1 Å². The van der Waals surface area contributed by atoms with Crippen molar-refractivity contribution in [2.24, 2.45) is 0 Å². The van der Waals surface area contributed by atoms with Crippen molar-refractivity contribution in [3.8, 4) is 22.9 Å². The number of fused-ring (bicyclic) bond motifs is 1. The van der Waals surface area contributed by atoms with Gasteiger partial charge in [0.05, 0.1) is 11.2 Å². The molecule has 0 spiro atoms. The predicted molar refractivity (Wildman–Crippen MR) is 108 cm³/mol. The highest BCUT2D eigenvalue weighted by Gasteiger charge is 2.12. The second-order valence-electron chi connectivity index (χ2n) is 7.14. The van der Waals surface area contributed by atoms with E-state index in [1.54, 1.807) is 12.4 Å². The first kappa shape index (κ1) is 16.9. The van der Waals surface area contributed by atoms with Crippen molar-refractivity contribution in [3.05, 3.63) is 66.6 Å². The van der Waals surface area contributed by atoms with Crippen molar-refractivity contribution in [2.75, 3.05) is 13.1 Å². The summed E-state index contributed by atoms with van der Waals surface area (Å²) in [5.74, 6) is 1.28. The van der Waals surface area contributed by atoms with Crippen LogP contribution in [-0.2, 0) is 6.54 Å². The highest BCUT2D eigenvalue weighted by Crippen LogP contribution is 2.26. The number of pyridine rings is 2. The molecule has 4 heterocycles. The third-order valence-electron chi connectivity index (χ3n) is 5.09. The van der Waals surface area contributed by atoms with Gasteiger partial charge in [0.1, 0.15) is 5.75 Å². The van der Waals surface area contributed by atoms with Crippen LogP contribution in [0, 0.1) is 0 Å². The number of H-pyrrole nitrogens is 1. The van der Waals surface area contributed by atoms with Gasteiger partial charge in [0.2, 0.25) is 5.88 Å². The zero-order valence-electron chi connectivity index (χ0n) is 15.5. The van der Waals surface area contributed by atoms with Crippen molar-refractivity contribution >= 4 is 10.9 Å². The van der Waals surface area contributed by atoms with Crippen molar-refractivity contribution in [2.45, 2.75) is 19.4 Å². The van der Waals surface area contributed by atoms with Gasteiger partial charge in [0, 0.05) is 48.2 Å². The van der Waals surface area contributed by atoms with E-state index in [1.807, 2.05) is 36.5 Å². The van der Waals surface area contributed by atoms with Crippen LogP contribution in [0.1, 0.15) is 18.4 Å². The van der Waals surface area contributed by atoms with Gasteiger partial charge in [-0.2, -0.15) is 5.10 Å². The monoisotopic (exact) mass is 371 g/mol. The van der Waals surface area contributed by atoms with Crippen LogP contribution >= 0.6 is 0 Å². The molecule has 3 aromatic heterocycles. The molecule has 5 rings (SSSR count). The molecule has 0 amide bonds. The Labute approximate surface area is 163 Å². The second kappa shape index (κ2) is 7.40. The summed E-state index contributed by atoms with van der Waals surface area (Å²) >= 11 is 0. The maximum Gasteiger partial charge on any atom is 0.219 e. The van der Waals surface area contributed by atoms with Crippen LogP contribution in [0.25, 0.3) is 22.2 Å². The van der Waals surface area contributed by atoms with E-state index in [1.165, 1.54) is 31.5 Å². The molecule has 1 aliphatic rings. The SMILES string of the molecule is c1cc(-c2ccc(Oc3ccc4cc(CN5CCCC5)cnc4c3)nc2)[nH]n1. The average Bonchev–Trinajstić information content (AvgIpc) is 3.43. The first-order valence-corrected chi connectivity index (χ1v) is 9.58. The number of hydrogen-bond acceptors (Lipinski definition) is 5. The maximum absolute atomic E-state index is 5.91. The zero-order valence-corrected chi connectivity index (χ0v) is 15.5. The minimum absolute atomic E-state index is 0.549. The molecule has 1 saturated heterocycles. The van der Waals surface area contributed by atoms with E-state index in [-0.39, 0.29) is 0 Å². The lowest BCUT2D eigenvalue weighted by Crippen LogP contribution is -2.18. The third-order valence-corrected chi connectivity index (χ3v) is 5.09. The molecule has 0 radical (unpaired) electrons. The van der Waals surface area contributed by atoms with E-state index < -0.39 is 0 Å². The molecule has 140 valence electrons. The Hall–Kier alpha value is -3.25. The molecule has 0 bridgehead atoms. The van der Waals surface area contributed by atoms with Gasteiger partial charge in [-0.3, -0.25) is 15.0 Å². The van der Waals surface area contributed by atoms with Gasteiger partial charge >= 0.3 is 0 Å². The highest BCUT2D eigenvalue weighted by atomic mass is 16.5. The summed E-state index contributed by atoms with van der Waals surface area (Å²) in [5.41, 5.74) is 4.09. The molecule has 1 aromatic carbocycles. The van der Waals surface area contributed by atoms with Crippen molar-refractivity contribution < 1.29 is 4.74 Å². The third kappa shape index (κ3) is 3.59. The van der Waals surface area contributed by atoms with E-state index in [2.05, 4.69) is 37.2 Å². The number of nitrogens with one attached hydrogen (secondary N) is 1. The Morgan fingerprint density at radius 1 is 0.964 bits per heavy atom. The zero-order chi connectivity index (χ0) is 18.8. The van der Waals surface area contributed by atoms with Crippen molar-refractivity contribution in [1.82, 2.24) is 25.1 Å². The molecule has 1 N–H and O–H groups in total. The Bertz CT molecular complexity index is 1070. The largest absolute Gasteiger partial charge is 0.439 e. The fourth-order valence-electron chi connectivity index (χ4n) is 3.63. The molecular weight excluding hydrogens is 350 g/mol. The Balaban J connectivity index is 1.32. The summed E-state index contributed by atoms with van der Waals surface area (Å²) in [6.45, 7) is 3.36. The predicted octanol–water partition coefficient (Wildman–Crippen LogP) is 4.41. The lowest BCUT2D eigenvalue weighted by atomic mass is 10.1. The molecule has 1 fully saturated rings. The highest BCUT2D eigenvalue weighted by molar-refractivity contribution is 5.80. The van der Waals surface area contributed by atoms with E-state index in [9.17, 15) is 0 Å². The van der Waals surface area contributed by atoms with Gasteiger partial charge in [-0.15, -0.1) is 0 Å². The summed E-state index contributed by atoms with van der Waals surface area (Å²) < 4.78 is 5.91. The molecule has 28 heavy (non-hydrogen) atoms. The molecule has 0 unspecified atom stereocenters. The quantitative estimate of drug-likeness (QED) is 0.563. The van der Waals surface area contributed by atoms with Crippen molar-refractivity contribution in [1.29, 1.82) is 0 Å². The lowest BCUT2D eigenvalue weighted by molar-refractivity contribution is 0.331. The minimum atomic E-state index is 0.549. The van der Waals surface area contributed by atoms with E-state index in [4.69, 9.17) is 4.74 Å². The average molecular weight is 371 g/mol. The standard InChI is InChI=1S/C22H21N5O/c1-2-10-27(9-1)15-16-11-17-3-5-19(12-21(17)23-13-16)28-22-6-4-18(14-24-22)20-7-8-25-26-20/h3-8,11-14H,1-2,9-10,15H2,(H,25,26). The number of likely N-dealkylation sites (tertiary alicyclic amines) is 1. The van der Waals surface area contributed by atoms with Crippen LogP contribution in [-0.4, -0.2) is 38.2 Å². The van der Waals surface area contributed by atoms with E-state index in [0.29, 0.717) is 5.88 Å². The number of aromatic amines is 1. The Morgan fingerprint density at radius 2 is 1.89 bits per heavy atom. The first-order valence-electron chi connectivity index (χ1n) is 9.58. The van der Waals surface area contributed by atoms with Crippen LogP contribution in [0.4, 0.5) is 0 Å². The van der Waals surface area contributed by atoms with Gasteiger partial charge in [-0.05, 0) is 61.8 Å². The first-order chi connectivity index (χ1) is 13.8. The molecule has 4 aromatic rings. The summed E-state index contributed by atoms with van der Waals surface area (Å²) in [7, 11) is 0. The van der Waals surface area contributed by atoms with Gasteiger partial charge in [-0.1, -0.05) is 0 Å². The van der Waals surface area contributed by atoms with Crippen LogP contribution < -0.4 is 4.74 Å². The Morgan fingerprint density at radius 3 is 2.68 bits per heavy atom. The molecule has 0 atom stereocenters. The van der Waals surface area contributed by atoms with Crippen LogP contribution in [0.3, 0.4) is 0 Å². The topological polar surface area (TPSA) is 66.9 Å². The smallest absolute Gasteiger partial charge is 0.219 e. The molecule has 1 aliphatic heterocycles. The number of rotatable bonds is 5. The molecular formula is C22H21N5O. The minimum Gasteiger partial charge on any atom is -0.439 e. The number of aromatic nitrogens is 4. The fraction of sp³-hybridized carbons (Fsp3) is 0.227. The molecule has 0 aliphatic carbocycles. The van der Waals surface area contributed by atoms with Crippen LogP contribution in [0.5, 0.6) is 11.6 Å². The molecule has 0 saturated carbocycles. The lowest BCUT2D eigenvalue weighted by Gasteiger charge is -2.14. The summed E-state index contributed by atoms with van der Waals surface area (Å²) in [5, 5.41) is 8.02. The number of ether oxygens (including phenoxy) is 1. The number of hydrogen-bond donors (Lipinski definition) is 1.